The van der Waals surface area contributed by atoms with E-state index in [1.165, 1.54) is 27.5 Å². The molecule has 0 aromatic heterocycles. The number of hydrogen-bond acceptors (Lipinski definition) is 3. The normalized spacial score (nSPS) is 38.8. The topological polar surface area (TPSA) is 53.0 Å². The molecule has 0 unspecified atom stereocenters. The number of ether oxygens (including phenoxy) is 1. The molecule has 1 heterocycles. The molecule has 0 bridgehead atoms. The highest BCUT2D eigenvalue weighted by Crippen LogP contribution is 2.55. The molecule has 4 aliphatic rings. The summed E-state index contributed by atoms with van der Waals surface area (Å²) in [6.07, 6.45) is 4.68. The molecule has 0 radical (unpaired) electrons. The van der Waals surface area contributed by atoms with Crippen molar-refractivity contribution in [1.29, 1.82) is 0 Å². The number of fused-ring (bicyclic) bond motifs is 4. The average molecular weight is 304 g/mol. The molecule has 3 aliphatic carbocycles. The van der Waals surface area contributed by atoms with Crippen LogP contribution in [0.5, 0.6) is 0 Å². The molecule has 1 saturated heterocycles. The molecule has 0 amide bonds. The Morgan fingerprint density at radius 1 is 1.00 bits per heavy atom. The first-order chi connectivity index (χ1) is 11.2. The summed E-state index contributed by atoms with van der Waals surface area (Å²) < 4.78 is 5.71. The molecule has 1 aliphatic heterocycles. The molecule has 2 aromatic rings. The van der Waals surface area contributed by atoms with E-state index >= 15 is 0 Å². The van der Waals surface area contributed by atoms with E-state index < -0.39 is 12.2 Å². The second-order valence-electron chi connectivity index (χ2n) is 7.04. The molecule has 6 rings (SSSR count). The maximum absolute atomic E-state index is 10.5. The molecular weight excluding hydrogens is 288 g/mol. The Morgan fingerprint density at radius 3 is 2.83 bits per heavy atom. The van der Waals surface area contributed by atoms with Crippen LogP contribution in [0.4, 0.5) is 0 Å². The van der Waals surface area contributed by atoms with Gasteiger partial charge in [0.1, 0.15) is 18.3 Å². The van der Waals surface area contributed by atoms with Gasteiger partial charge in [-0.3, -0.25) is 0 Å². The van der Waals surface area contributed by atoms with Crippen LogP contribution in [0.25, 0.3) is 16.8 Å². The minimum Gasteiger partial charge on any atom is -0.387 e. The largest absolute Gasteiger partial charge is 0.387 e. The van der Waals surface area contributed by atoms with Crippen LogP contribution in [0.2, 0.25) is 0 Å². The second kappa shape index (κ2) is 3.93. The van der Waals surface area contributed by atoms with Gasteiger partial charge in [0.15, 0.2) is 0 Å². The Labute approximate surface area is 133 Å². The van der Waals surface area contributed by atoms with Crippen LogP contribution in [-0.4, -0.2) is 34.6 Å². The molecule has 3 heteroatoms. The fraction of sp³-hybridized carbons (Fsp3) is 0.300. The van der Waals surface area contributed by atoms with Crippen LogP contribution in [0.3, 0.4) is 0 Å². The van der Waals surface area contributed by atoms with E-state index in [1.54, 1.807) is 0 Å². The molecule has 23 heavy (non-hydrogen) atoms. The zero-order valence-electron chi connectivity index (χ0n) is 12.4. The van der Waals surface area contributed by atoms with Gasteiger partial charge in [0, 0.05) is 11.8 Å². The summed E-state index contributed by atoms with van der Waals surface area (Å²) in [5.41, 5.74) is 4.80. The van der Waals surface area contributed by atoms with Gasteiger partial charge < -0.3 is 14.9 Å². The molecule has 3 nitrogen and oxygen atoms in total. The predicted octanol–water partition coefficient (Wildman–Crippen LogP) is 2.48. The highest BCUT2D eigenvalue weighted by molar-refractivity contribution is 5.97. The zero-order valence-corrected chi connectivity index (χ0v) is 12.4. The first-order valence-corrected chi connectivity index (χ1v) is 8.21. The van der Waals surface area contributed by atoms with Crippen molar-refractivity contribution in [3.63, 3.8) is 0 Å². The maximum Gasteiger partial charge on any atom is 0.114 e. The Bertz CT molecular complexity index is 926. The van der Waals surface area contributed by atoms with E-state index in [1.807, 2.05) is 0 Å². The van der Waals surface area contributed by atoms with Crippen LogP contribution in [0, 0.1) is 0 Å². The second-order valence-corrected chi connectivity index (χ2v) is 7.04. The van der Waals surface area contributed by atoms with Gasteiger partial charge in [-0.25, -0.2) is 0 Å². The Hall–Kier alpha value is -1.94. The zero-order chi connectivity index (χ0) is 15.3. The van der Waals surface area contributed by atoms with Crippen LogP contribution < -0.4 is 0 Å². The van der Waals surface area contributed by atoms with E-state index in [-0.39, 0.29) is 24.0 Å². The van der Waals surface area contributed by atoms with Crippen molar-refractivity contribution in [2.75, 3.05) is 0 Å². The Kier molecular flexibility index (Phi) is 2.13. The molecule has 2 fully saturated rings. The van der Waals surface area contributed by atoms with Gasteiger partial charge in [0.25, 0.3) is 0 Å². The third-order valence-electron chi connectivity index (χ3n) is 5.93. The van der Waals surface area contributed by atoms with E-state index in [0.29, 0.717) is 0 Å². The van der Waals surface area contributed by atoms with Crippen molar-refractivity contribution in [3.8, 4) is 0 Å². The summed E-state index contributed by atoms with van der Waals surface area (Å²) in [5.74, 6) is 0.251. The molecule has 114 valence electrons. The van der Waals surface area contributed by atoms with E-state index in [2.05, 4.69) is 48.6 Å². The lowest BCUT2D eigenvalue weighted by Crippen LogP contribution is -2.43. The summed E-state index contributed by atoms with van der Waals surface area (Å²) in [6.45, 7) is 0. The molecule has 2 aromatic carbocycles. The fourth-order valence-corrected chi connectivity index (χ4v) is 4.86. The molecule has 1 saturated carbocycles. The standard InChI is InChI=1S/C20H16O3/c21-17-13-8-11-5-4-9-2-1-3-10-6-7-12(15(11)14(9)10)16(13)19-20(23-19)18(17)22/h1-8,11,16-22H/t11-,16-,17-,18-,19-,20+/m1/s1. The average Bonchev–Trinajstić information content (AvgIpc) is 3.37. The van der Waals surface area contributed by atoms with Crippen LogP contribution in [0.15, 0.2) is 48.1 Å². The van der Waals surface area contributed by atoms with Crippen LogP contribution in [-0.2, 0) is 4.74 Å². The highest BCUT2D eigenvalue weighted by atomic mass is 16.6. The number of hydrogen-bond donors (Lipinski definition) is 2. The third kappa shape index (κ3) is 1.41. The number of allylic oxidation sites excluding steroid dienone is 2. The van der Waals surface area contributed by atoms with Crippen LogP contribution in [0.1, 0.15) is 28.5 Å². The quantitative estimate of drug-likeness (QED) is 0.581. The SMILES string of the molecule is O[C@H]1[C@@H]2O[C@@H]2[C@H]2C(=C[C@H]3C=Cc4cccc5ccc2c3c45)[C@H]1O. The monoisotopic (exact) mass is 304 g/mol. The lowest BCUT2D eigenvalue weighted by atomic mass is 9.67. The summed E-state index contributed by atoms with van der Waals surface area (Å²) in [5, 5.41) is 23.3. The van der Waals surface area contributed by atoms with Gasteiger partial charge >= 0.3 is 0 Å². The molecule has 0 spiro atoms. The summed E-state index contributed by atoms with van der Waals surface area (Å²) in [6, 6.07) is 10.8. The van der Waals surface area contributed by atoms with Crippen molar-refractivity contribution in [2.24, 2.45) is 0 Å². The van der Waals surface area contributed by atoms with Gasteiger partial charge in [-0.1, -0.05) is 48.6 Å². The smallest absolute Gasteiger partial charge is 0.114 e. The Balaban J connectivity index is 1.67. The van der Waals surface area contributed by atoms with Gasteiger partial charge in [-0.15, -0.1) is 0 Å². The first-order valence-electron chi connectivity index (χ1n) is 8.21. The lowest BCUT2D eigenvalue weighted by molar-refractivity contribution is 0.0175. The van der Waals surface area contributed by atoms with Crippen molar-refractivity contribution in [1.82, 2.24) is 0 Å². The fourth-order valence-electron chi connectivity index (χ4n) is 4.86. The molecule has 6 atom stereocenters. The van der Waals surface area contributed by atoms with Gasteiger partial charge in [-0.2, -0.15) is 0 Å². The van der Waals surface area contributed by atoms with E-state index in [4.69, 9.17) is 4.74 Å². The summed E-state index contributed by atoms with van der Waals surface area (Å²) in [7, 11) is 0. The Morgan fingerprint density at radius 2 is 1.91 bits per heavy atom. The van der Waals surface area contributed by atoms with Crippen molar-refractivity contribution >= 4 is 16.8 Å². The molecular formula is C20H16O3. The van der Waals surface area contributed by atoms with E-state index in [9.17, 15) is 10.2 Å². The number of epoxide rings is 1. The lowest BCUT2D eigenvalue weighted by Gasteiger charge is -2.38. The van der Waals surface area contributed by atoms with Crippen LogP contribution >= 0.6 is 0 Å². The van der Waals surface area contributed by atoms with E-state index in [0.717, 1.165) is 5.57 Å². The third-order valence-corrected chi connectivity index (χ3v) is 5.93. The first kappa shape index (κ1) is 12.5. The van der Waals surface area contributed by atoms with Gasteiger partial charge in [0.05, 0.1) is 6.10 Å². The van der Waals surface area contributed by atoms with Crippen molar-refractivity contribution in [3.05, 3.63) is 64.7 Å². The number of rotatable bonds is 0. The number of aliphatic hydroxyl groups excluding tert-OH is 2. The maximum atomic E-state index is 10.5. The summed E-state index contributed by atoms with van der Waals surface area (Å²) in [4.78, 5) is 0. The predicted molar refractivity (Wildman–Crippen MR) is 87.2 cm³/mol. The van der Waals surface area contributed by atoms with Gasteiger partial charge in [0.2, 0.25) is 0 Å². The van der Waals surface area contributed by atoms with Gasteiger partial charge in [-0.05, 0) is 33.0 Å². The van der Waals surface area contributed by atoms with Crippen molar-refractivity contribution < 1.29 is 14.9 Å². The van der Waals surface area contributed by atoms with Crippen molar-refractivity contribution in [2.45, 2.75) is 36.3 Å². The minimum absolute atomic E-state index is 0.00682. The minimum atomic E-state index is -0.821. The summed E-state index contributed by atoms with van der Waals surface area (Å²) >= 11 is 0. The number of aliphatic hydroxyl groups is 2. The highest BCUT2D eigenvalue weighted by Gasteiger charge is 2.59. The number of benzene rings is 2. The molecule has 2 N–H and O–H groups in total.